The number of nitrogens with zero attached hydrogens (tertiary/aromatic N) is 2. The highest BCUT2D eigenvalue weighted by Gasteiger charge is 2.30. The zero-order chi connectivity index (χ0) is 18.0. The first-order valence-electron chi connectivity index (χ1n) is 8.04. The Hall–Kier alpha value is -2.77. The Kier molecular flexibility index (Phi) is 4.78. The number of amides is 2. The molecule has 1 aliphatic heterocycles. The number of benzene rings is 1. The minimum atomic E-state index is -0.737. The van der Waals surface area contributed by atoms with Gasteiger partial charge in [0.05, 0.1) is 18.2 Å². The first kappa shape index (κ1) is 17.1. The van der Waals surface area contributed by atoms with Gasteiger partial charge in [0, 0.05) is 12.6 Å². The van der Waals surface area contributed by atoms with Gasteiger partial charge in [0.2, 0.25) is 5.91 Å². The third kappa shape index (κ3) is 3.67. The van der Waals surface area contributed by atoms with E-state index in [0.717, 1.165) is 25.0 Å². The number of carbonyl (C=O) groups is 2. The Balaban J connectivity index is 1.79. The fraction of sp³-hybridized carbons (Fsp3) is 0.353. The van der Waals surface area contributed by atoms with Crippen LogP contribution in [0.2, 0.25) is 0 Å². The SMILES string of the molecule is NC(=O)c1cc([C@H]2CCCCN2C(=O)Cc2ccc(F)cc2F)[nH]n1. The number of carbonyl (C=O) groups excluding carboxylic acids is 2. The Bertz CT molecular complexity index is 806. The van der Waals surface area contributed by atoms with Crippen molar-refractivity contribution in [2.45, 2.75) is 31.7 Å². The Morgan fingerprint density at radius 2 is 2.08 bits per heavy atom. The molecule has 8 heteroatoms. The van der Waals surface area contributed by atoms with Gasteiger partial charge in [-0.25, -0.2) is 8.78 Å². The van der Waals surface area contributed by atoms with Crippen LogP contribution in [0.5, 0.6) is 0 Å². The van der Waals surface area contributed by atoms with Crippen LogP contribution >= 0.6 is 0 Å². The number of piperidine rings is 1. The zero-order valence-corrected chi connectivity index (χ0v) is 13.5. The smallest absolute Gasteiger partial charge is 0.269 e. The molecule has 0 aliphatic carbocycles. The molecule has 2 heterocycles. The molecule has 6 nitrogen and oxygen atoms in total. The van der Waals surface area contributed by atoms with E-state index in [9.17, 15) is 18.4 Å². The quantitative estimate of drug-likeness (QED) is 0.886. The number of primary amides is 1. The summed E-state index contributed by atoms with van der Waals surface area (Å²) in [5.74, 6) is -2.32. The third-order valence-corrected chi connectivity index (χ3v) is 4.39. The molecule has 0 bridgehead atoms. The molecule has 1 fully saturated rings. The van der Waals surface area contributed by atoms with Crippen molar-refractivity contribution in [3.63, 3.8) is 0 Å². The Morgan fingerprint density at radius 1 is 1.28 bits per heavy atom. The Labute approximate surface area is 143 Å². The lowest BCUT2D eigenvalue weighted by molar-refractivity contribution is -0.134. The van der Waals surface area contributed by atoms with Gasteiger partial charge in [0.25, 0.3) is 5.91 Å². The van der Waals surface area contributed by atoms with E-state index in [4.69, 9.17) is 5.73 Å². The molecule has 1 aromatic carbocycles. The number of hydrogen-bond donors (Lipinski definition) is 2. The molecule has 1 aliphatic rings. The van der Waals surface area contributed by atoms with Gasteiger partial charge in [-0.15, -0.1) is 0 Å². The van der Waals surface area contributed by atoms with Crippen LogP contribution in [0.3, 0.4) is 0 Å². The maximum atomic E-state index is 13.8. The van der Waals surface area contributed by atoms with E-state index >= 15 is 0 Å². The van der Waals surface area contributed by atoms with E-state index < -0.39 is 17.5 Å². The molecule has 2 aromatic rings. The van der Waals surface area contributed by atoms with Crippen LogP contribution in [0.1, 0.15) is 47.1 Å². The monoisotopic (exact) mass is 348 g/mol. The second kappa shape index (κ2) is 7.00. The predicted octanol–water partition coefficient (Wildman–Crippen LogP) is 2.08. The number of aromatic nitrogens is 2. The van der Waals surface area contributed by atoms with Crippen LogP contribution in [0.4, 0.5) is 8.78 Å². The van der Waals surface area contributed by atoms with Crippen LogP contribution in [0.25, 0.3) is 0 Å². The van der Waals surface area contributed by atoms with E-state index in [1.807, 2.05) is 0 Å². The number of hydrogen-bond acceptors (Lipinski definition) is 3. The van der Waals surface area contributed by atoms with Crippen LogP contribution in [0, 0.1) is 11.6 Å². The van der Waals surface area contributed by atoms with E-state index in [1.54, 1.807) is 4.90 Å². The summed E-state index contributed by atoms with van der Waals surface area (Å²) < 4.78 is 26.8. The summed E-state index contributed by atoms with van der Waals surface area (Å²) in [6.45, 7) is 0.525. The lowest BCUT2D eigenvalue weighted by Gasteiger charge is -2.35. The number of rotatable bonds is 4. The van der Waals surface area contributed by atoms with Gasteiger partial charge in [0.1, 0.15) is 17.3 Å². The molecular weight excluding hydrogens is 330 g/mol. The molecular formula is C17H18F2N4O2. The highest BCUT2D eigenvalue weighted by atomic mass is 19.1. The van der Waals surface area contributed by atoms with Gasteiger partial charge in [-0.3, -0.25) is 14.7 Å². The van der Waals surface area contributed by atoms with Crippen molar-refractivity contribution in [3.05, 3.63) is 52.9 Å². The minimum Gasteiger partial charge on any atom is -0.364 e. The zero-order valence-electron chi connectivity index (χ0n) is 13.5. The highest BCUT2D eigenvalue weighted by molar-refractivity contribution is 5.90. The molecule has 25 heavy (non-hydrogen) atoms. The van der Waals surface area contributed by atoms with Gasteiger partial charge in [-0.05, 0) is 37.0 Å². The minimum absolute atomic E-state index is 0.109. The van der Waals surface area contributed by atoms with Crippen molar-refractivity contribution in [2.24, 2.45) is 5.73 Å². The van der Waals surface area contributed by atoms with Gasteiger partial charge in [-0.2, -0.15) is 5.10 Å². The predicted molar refractivity (Wildman–Crippen MR) is 85.5 cm³/mol. The normalized spacial score (nSPS) is 17.5. The summed E-state index contributed by atoms with van der Waals surface area (Å²) in [6, 6.07) is 4.45. The summed E-state index contributed by atoms with van der Waals surface area (Å²) in [5.41, 5.74) is 6.09. The molecule has 2 amide bonds. The van der Waals surface area contributed by atoms with Crippen molar-refractivity contribution in [3.8, 4) is 0 Å². The number of H-pyrrole nitrogens is 1. The molecule has 0 saturated carbocycles. The summed E-state index contributed by atoms with van der Waals surface area (Å²) in [7, 11) is 0. The summed E-state index contributed by atoms with van der Waals surface area (Å²) in [6.07, 6.45) is 2.31. The largest absolute Gasteiger partial charge is 0.364 e. The fourth-order valence-corrected chi connectivity index (χ4v) is 3.12. The van der Waals surface area contributed by atoms with Crippen LogP contribution in [-0.2, 0) is 11.2 Å². The van der Waals surface area contributed by atoms with E-state index in [2.05, 4.69) is 10.2 Å². The number of nitrogens with two attached hydrogens (primary N) is 1. The average molecular weight is 348 g/mol. The van der Waals surface area contributed by atoms with Gasteiger partial charge in [-0.1, -0.05) is 6.07 Å². The summed E-state index contributed by atoms with van der Waals surface area (Å²) in [4.78, 5) is 25.5. The summed E-state index contributed by atoms with van der Waals surface area (Å²) >= 11 is 0. The maximum Gasteiger partial charge on any atom is 0.269 e. The van der Waals surface area contributed by atoms with Gasteiger partial charge >= 0.3 is 0 Å². The molecule has 1 atom stereocenters. The molecule has 0 spiro atoms. The molecule has 0 unspecified atom stereocenters. The topological polar surface area (TPSA) is 92.1 Å². The van der Waals surface area contributed by atoms with Crippen molar-refractivity contribution in [2.75, 3.05) is 6.54 Å². The molecule has 1 aromatic heterocycles. The first-order valence-corrected chi connectivity index (χ1v) is 8.04. The van der Waals surface area contributed by atoms with Crippen molar-refractivity contribution in [1.82, 2.24) is 15.1 Å². The third-order valence-electron chi connectivity index (χ3n) is 4.39. The molecule has 132 valence electrons. The lowest BCUT2D eigenvalue weighted by Crippen LogP contribution is -2.39. The average Bonchev–Trinajstić information content (AvgIpc) is 3.07. The van der Waals surface area contributed by atoms with Crippen molar-refractivity contribution >= 4 is 11.8 Å². The number of likely N-dealkylation sites (tertiary alicyclic amines) is 1. The van der Waals surface area contributed by atoms with Crippen molar-refractivity contribution in [1.29, 1.82) is 0 Å². The first-order chi connectivity index (χ1) is 12.0. The second-order valence-corrected chi connectivity index (χ2v) is 6.08. The van der Waals surface area contributed by atoms with E-state index in [0.29, 0.717) is 18.7 Å². The standard InChI is InChI=1S/C17H18F2N4O2/c18-11-5-4-10(12(19)8-11)7-16(24)23-6-2-1-3-15(23)13-9-14(17(20)25)22-21-13/h4-5,8-9,15H,1-3,6-7H2,(H2,20,25)(H,21,22)/t15-/m1/s1. The highest BCUT2D eigenvalue weighted by Crippen LogP contribution is 2.30. The molecule has 3 N–H and O–H groups in total. The lowest BCUT2D eigenvalue weighted by atomic mass is 9.98. The molecule has 3 rings (SSSR count). The summed E-state index contributed by atoms with van der Waals surface area (Å²) in [5, 5.41) is 6.61. The van der Waals surface area contributed by atoms with Crippen LogP contribution in [0.15, 0.2) is 24.3 Å². The van der Waals surface area contributed by atoms with Crippen LogP contribution in [-0.4, -0.2) is 33.5 Å². The van der Waals surface area contributed by atoms with Crippen LogP contribution < -0.4 is 5.73 Å². The molecule has 1 saturated heterocycles. The molecule has 0 radical (unpaired) electrons. The maximum absolute atomic E-state index is 13.8. The number of nitrogens with one attached hydrogen (secondary N) is 1. The fourth-order valence-electron chi connectivity index (χ4n) is 3.12. The van der Waals surface area contributed by atoms with Gasteiger partial charge < -0.3 is 10.6 Å². The Morgan fingerprint density at radius 3 is 2.76 bits per heavy atom. The second-order valence-electron chi connectivity index (χ2n) is 6.08. The number of aromatic amines is 1. The van der Waals surface area contributed by atoms with Gasteiger partial charge in [0.15, 0.2) is 0 Å². The van der Waals surface area contributed by atoms with Crippen molar-refractivity contribution < 1.29 is 18.4 Å². The van der Waals surface area contributed by atoms with E-state index in [1.165, 1.54) is 12.1 Å². The van der Waals surface area contributed by atoms with E-state index in [-0.39, 0.29) is 29.6 Å². The number of halogens is 2.